The number of amides is 3. The number of likely N-dealkylation sites (tertiary alicyclic amines) is 1. The van der Waals surface area contributed by atoms with Crippen LogP contribution >= 0.6 is 0 Å². The molecule has 5 N–H and O–H groups in total. The maximum Gasteiger partial charge on any atom is 0.259 e. The number of hydrogen-bond donors (Lipinski definition) is 4. The van der Waals surface area contributed by atoms with Crippen LogP contribution in [-0.2, 0) is 16.0 Å². The van der Waals surface area contributed by atoms with E-state index in [0.717, 1.165) is 54.4 Å². The summed E-state index contributed by atoms with van der Waals surface area (Å²) in [7, 11) is 0. The van der Waals surface area contributed by atoms with Crippen LogP contribution in [0.15, 0.2) is 42.1 Å². The van der Waals surface area contributed by atoms with Crippen LogP contribution in [0.5, 0.6) is 0 Å². The molecule has 3 aliphatic heterocycles. The highest BCUT2D eigenvalue weighted by Gasteiger charge is 2.40. The van der Waals surface area contributed by atoms with Crippen LogP contribution in [0.1, 0.15) is 55.5 Å². The third kappa shape index (κ3) is 5.46. The Labute approximate surface area is 229 Å². The Hall–Kier alpha value is -3.56. The normalized spacial score (nSPS) is 21.0. The summed E-state index contributed by atoms with van der Waals surface area (Å²) in [6.45, 7) is 8.16. The molecular weight excluding hydrogens is 492 g/mol. The quantitative estimate of drug-likeness (QED) is 0.291. The van der Waals surface area contributed by atoms with Gasteiger partial charge in [0.05, 0.1) is 5.69 Å². The number of nitrogens with two attached hydrogens (primary N) is 1. The first kappa shape index (κ1) is 27.0. The van der Waals surface area contributed by atoms with Crippen LogP contribution in [-0.4, -0.2) is 67.1 Å². The van der Waals surface area contributed by atoms with Crippen molar-refractivity contribution in [3.8, 4) is 0 Å². The Bertz CT molecular complexity index is 1340. The molecule has 3 aliphatic rings. The van der Waals surface area contributed by atoms with Crippen LogP contribution in [0, 0.1) is 10.8 Å². The van der Waals surface area contributed by atoms with E-state index >= 15 is 0 Å². The fourth-order valence-electron chi connectivity index (χ4n) is 5.97. The van der Waals surface area contributed by atoms with Gasteiger partial charge in [0.25, 0.3) is 5.91 Å². The summed E-state index contributed by atoms with van der Waals surface area (Å²) in [5.41, 5.74) is 9.17. The molecule has 0 bridgehead atoms. The number of benzene rings is 2. The molecule has 9 nitrogen and oxygen atoms in total. The van der Waals surface area contributed by atoms with Crippen molar-refractivity contribution in [3.05, 3.63) is 53.2 Å². The number of imide groups is 1. The molecule has 1 unspecified atom stereocenters. The van der Waals surface area contributed by atoms with E-state index in [1.54, 1.807) is 11.0 Å². The minimum absolute atomic E-state index is 0.122. The van der Waals surface area contributed by atoms with Gasteiger partial charge in [-0.2, -0.15) is 0 Å². The van der Waals surface area contributed by atoms with Crippen LogP contribution in [0.2, 0.25) is 0 Å². The summed E-state index contributed by atoms with van der Waals surface area (Å²) in [6, 6.07) is 9.18. The zero-order chi connectivity index (χ0) is 27.7. The lowest BCUT2D eigenvalue weighted by molar-refractivity contribution is -0.134. The molecule has 0 radical (unpaired) electrons. The molecule has 2 aromatic carbocycles. The van der Waals surface area contributed by atoms with E-state index in [4.69, 9.17) is 11.1 Å². The summed E-state index contributed by atoms with van der Waals surface area (Å²) in [6.07, 6.45) is 6.50. The molecule has 206 valence electrons. The molecule has 3 amide bonds. The van der Waals surface area contributed by atoms with E-state index in [1.165, 1.54) is 6.21 Å². The van der Waals surface area contributed by atoms with Crippen molar-refractivity contribution in [2.75, 3.05) is 31.1 Å². The van der Waals surface area contributed by atoms with E-state index in [2.05, 4.69) is 29.4 Å². The Morgan fingerprint density at radius 3 is 2.62 bits per heavy atom. The average molecular weight is 531 g/mol. The minimum Gasteiger partial charge on any atom is -0.388 e. The van der Waals surface area contributed by atoms with E-state index in [-0.39, 0.29) is 23.7 Å². The van der Waals surface area contributed by atoms with Crippen molar-refractivity contribution in [2.24, 2.45) is 11.1 Å². The van der Waals surface area contributed by atoms with E-state index in [0.29, 0.717) is 36.7 Å². The van der Waals surface area contributed by atoms with Gasteiger partial charge in [0.1, 0.15) is 6.04 Å². The summed E-state index contributed by atoms with van der Waals surface area (Å²) in [5, 5.41) is 15.7. The third-order valence-corrected chi connectivity index (χ3v) is 8.22. The van der Waals surface area contributed by atoms with Gasteiger partial charge in [-0.3, -0.25) is 24.6 Å². The van der Waals surface area contributed by atoms with Crippen molar-refractivity contribution in [3.63, 3.8) is 0 Å². The number of anilines is 1. The van der Waals surface area contributed by atoms with E-state index in [1.807, 2.05) is 30.5 Å². The number of nitrogens with one attached hydrogen (secondary N) is 3. The largest absolute Gasteiger partial charge is 0.388 e. The second-order valence-electron chi connectivity index (χ2n) is 11.7. The molecule has 9 heteroatoms. The molecule has 2 aromatic rings. The Kier molecular flexibility index (Phi) is 7.55. The number of rotatable bonds is 9. The monoisotopic (exact) mass is 530 g/mol. The van der Waals surface area contributed by atoms with Crippen molar-refractivity contribution in [1.82, 2.24) is 15.5 Å². The number of carbonyl (C=O) groups excluding carboxylic acids is 3. The SMILES string of the molecule is CC(C)(CN)CN1CCC(N/C=C(\C=N)Cc2ccc3c4c(cccc24)C(=O)N3C2CCC(=O)NC2=O)CC1. The number of piperidine rings is 2. The average Bonchev–Trinajstić information content (AvgIpc) is 3.21. The second-order valence-corrected chi connectivity index (χ2v) is 11.7. The van der Waals surface area contributed by atoms with Gasteiger partial charge >= 0.3 is 0 Å². The maximum absolute atomic E-state index is 13.4. The number of nitrogens with zero attached hydrogens (tertiary/aromatic N) is 2. The summed E-state index contributed by atoms with van der Waals surface area (Å²) >= 11 is 0. The van der Waals surface area contributed by atoms with Gasteiger partial charge in [-0.05, 0) is 59.9 Å². The third-order valence-electron chi connectivity index (χ3n) is 8.22. The maximum atomic E-state index is 13.4. The van der Waals surface area contributed by atoms with Crippen molar-refractivity contribution >= 4 is 40.4 Å². The lowest BCUT2D eigenvalue weighted by Gasteiger charge is -2.37. The molecule has 39 heavy (non-hydrogen) atoms. The minimum atomic E-state index is -0.703. The van der Waals surface area contributed by atoms with Crippen LogP contribution in [0.25, 0.3) is 10.8 Å². The highest BCUT2D eigenvalue weighted by atomic mass is 16.2. The fourth-order valence-corrected chi connectivity index (χ4v) is 5.97. The molecule has 0 saturated carbocycles. The van der Waals surface area contributed by atoms with Gasteiger partial charge in [0, 0.05) is 61.9 Å². The Balaban J connectivity index is 1.31. The van der Waals surface area contributed by atoms with Crippen LogP contribution in [0.4, 0.5) is 5.69 Å². The summed E-state index contributed by atoms with van der Waals surface area (Å²) in [5.74, 6) is -0.951. The molecule has 3 heterocycles. The molecule has 2 saturated heterocycles. The van der Waals surface area contributed by atoms with Gasteiger partial charge in [0.2, 0.25) is 11.8 Å². The number of carbonyl (C=O) groups is 3. The van der Waals surface area contributed by atoms with Crippen molar-refractivity contribution in [1.29, 1.82) is 5.41 Å². The number of allylic oxidation sites excluding steroid dienone is 1. The Morgan fingerprint density at radius 2 is 1.92 bits per heavy atom. The zero-order valence-electron chi connectivity index (χ0n) is 22.8. The van der Waals surface area contributed by atoms with Crippen molar-refractivity contribution < 1.29 is 14.4 Å². The van der Waals surface area contributed by atoms with Gasteiger partial charge in [-0.1, -0.05) is 32.0 Å². The van der Waals surface area contributed by atoms with Gasteiger partial charge in [0.15, 0.2) is 0 Å². The van der Waals surface area contributed by atoms with E-state index in [9.17, 15) is 14.4 Å². The van der Waals surface area contributed by atoms with Gasteiger partial charge in [-0.25, -0.2) is 0 Å². The lowest BCUT2D eigenvalue weighted by atomic mass is 9.91. The molecule has 5 rings (SSSR count). The highest BCUT2D eigenvalue weighted by Crippen LogP contribution is 2.41. The molecule has 2 fully saturated rings. The zero-order valence-corrected chi connectivity index (χ0v) is 22.8. The Morgan fingerprint density at radius 1 is 1.15 bits per heavy atom. The molecule has 0 aliphatic carbocycles. The van der Waals surface area contributed by atoms with Crippen LogP contribution < -0.4 is 21.3 Å². The highest BCUT2D eigenvalue weighted by molar-refractivity contribution is 6.27. The first-order valence-electron chi connectivity index (χ1n) is 13.8. The first-order chi connectivity index (χ1) is 18.7. The lowest BCUT2D eigenvalue weighted by Crippen LogP contribution is -2.53. The summed E-state index contributed by atoms with van der Waals surface area (Å²) < 4.78 is 0. The van der Waals surface area contributed by atoms with Gasteiger partial charge in [-0.15, -0.1) is 0 Å². The summed E-state index contributed by atoms with van der Waals surface area (Å²) in [4.78, 5) is 41.6. The standard InChI is InChI=1S/C30H38N6O3/c1-30(2,17-32)18-35-12-10-21(11-13-35)33-16-19(15-31)14-20-6-7-24-27-22(20)4-3-5-23(27)29(39)36(24)25-8-9-26(37)34-28(25)38/h3-7,15-16,21,25,31,33H,8-14,17-18,32H2,1-2H3,(H,34,37,38)/b19-16-,31-15?. The molecule has 0 spiro atoms. The topological polar surface area (TPSA) is 132 Å². The molecule has 1 atom stereocenters. The smallest absolute Gasteiger partial charge is 0.259 e. The first-order valence-corrected chi connectivity index (χ1v) is 13.8. The van der Waals surface area contributed by atoms with Crippen LogP contribution in [0.3, 0.4) is 0 Å². The van der Waals surface area contributed by atoms with Gasteiger partial charge < -0.3 is 21.4 Å². The molecule has 0 aromatic heterocycles. The molecular formula is C30H38N6O3. The number of hydrogen-bond acceptors (Lipinski definition) is 7. The van der Waals surface area contributed by atoms with Crippen molar-refractivity contribution in [2.45, 2.75) is 58.0 Å². The predicted octanol–water partition coefficient (Wildman–Crippen LogP) is 2.72. The second kappa shape index (κ2) is 10.9. The van der Waals surface area contributed by atoms with E-state index < -0.39 is 11.9 Å². The predicted molar refractivity (Wildman–Crippen MR) is 153 cm³/mol. The fraction of sp³-hybridized carbons (Fsp3) is 0.467.